The molecule has 1 aliphatic heterocycles. The van der Waals surface area contributed by atoms with Crippen LogP contribution in [0.4, 0.5) is 5.69 Å². The van der Waals surface area contributed by atoms with E-state index in [1.807, 2.05) is 6.07 Å². The predicted molar refractivity (Wildman–Crippen MR) is 95.6 cm³/mol. The first-order chi connectivity index (χ1) is 11.7. The lowest BCUT2D eigenvalue weighted by Crippen LogP contribution is -2.28. The van der Waals surface area contributed by atoms with E-state index >= 15 is 0 Å². The second kappa shape index (κ2) is 6.24. The van der Waals surface area contributed by atoms with Gasteiger partial charge in [0.15, 0.2) is 0 Å². The molecule has 24 heavy (non-hydrogen) atoms. The fourth-order valence-electron chi connectivity index (χ4n) is 3.53. The van der Waals surface area contributed by atoms with E-state index in [-0.39, 0.29) is 0 Å². The average Bonchev–Trinajstić information content (AvgIpc) is 3.18. The monoisotopic (exact) mass is 322 g/mol. The van der Waals surface area contributed by atoms with Crippen molar-refractivity contribution in [2.24, 2.45) is 0 Å². The number of nitrogen functional groups attached to an aromatic ring is 1. The molecule has 0 saturated carbocycles. The van der Waals surface area contributed by atoms with Gasteiger partial charge in [-0.3, -0.25) is 0 Å². The Labute approximate surface area is 141 Å². The maximum absolute atomic E-state index is 6.06. The average molecular weight is 322 g/mol. The zero-order valence-electron chi connectivity index (χ0n) is 13.9. The molecule has 124 valence electrons. The second-order valence-electron chi connectivity index (χ2n) is 6.60. The molecule has 1 saturated heterocycles. The zero-order chi connectivity index (χ0) is 16.5. The van der Waals surface area contributed by atoms with Gasteiger partial charge in [-0.15, -0.1) is 0 Å². The molecule has 1 atom stereocenters. The lowest BCUT2D eigenvalue weighted by Gasteiger charge is -2.19. The highest BCUT2D eigenvalue weighted by atomic mass is 16.3. The summed E-state index contributed by atoms with van der Waals surface area (Å²) < 4.78 is 6.06. The molecule has 0 aliphatic carbocycles. The van der Waals surface area contributed by atoms with Crippen molar-refractivity contribution in [2.45, 2.75) is 32.2 Å². The summed E-state index contributed by atoms with van der Waals surface area (Å²) in [5.74, 6) is 1.04. The number of nitrogens with zero attached hydrogens (tertiary/aromatic N) is 3. The number of likely N-dealkylation sites (tertiary alicyclic amines) is 1. The quantitative estimate of drug-likeness (QED) is 0.796. The molecule has 4 rings (SSSR count). The van der Waals surface area contributed by atoms with Gasteiger partial charge >= 0.3 is 0 Å². The third-order valence-corrected chi connectivity index (χ3v) is 4.98. The van der Waals surface area contributed by atoms with Gasteiger partial charge in [0.05, 0.1) is 18.1 Å². The summed E-state index contributed by atoms with van der Waals surface area (Å²) in [5, 5.41) is 8.85. The SMILES string of the molecule is C[C@@H]1CCCN1CCc1cc2ccc(-c3cnncc3N)cc2o1. The summed E-state index contributed by atoms with van der Waals surface area (Å²) in [7, 11) is 0. The standard InChI is InChI=1S/C19H22N4O/c1-13-3-2-7-23(13)8-6-16-9-15-5-4-14(10-19(15)24-16)17-11-21-22-12-18(17)20/h4-5,9-13H,2-3,6-8H2,1H3,(H2,20,21)/t13-/m1/s1. The number of furan rings is 1. The first kappa shape index (κ1) is 15.1. The summed E-state index contributed by atoms with van der Waals surface area (Å²) in [4.78, 5) is 2.54. The predicted octanol–water partition coefficient (Wildman–Crippen LogP) is 3.50. The van der Waals surface area contributed by atoms with Gasteiger partial charge in [0, 0.05) is 30.0 Å². The van der Waals surface area contributed by atoms with Crippen LogP contribution in [0.1, 0.15) is 25.5 Å². The molecule has 2 aromatic heterocycles. The number of benzene rings is 1. The first-order valence-electron chi connectivity index (χ1n) is 8.54. The minimum Gasteiger partial charge on any atom is -0.461 e. The van der Waals surface area contributed by atoms with Crippen molar-refractivity contribution in [3.05, 3.63) is 42.4 Å². The lowest BCUT2D eigenvalue weighted by atomic mass is 10.1. The van der Waals surface area contributed by atoms with Crippen LogP contribution >= 0.6 is 0 Å². The van der Waals surface area contributed by atoms with Crippen molar-refractivity contribution < 1.29 is 4.42 Å². The van der Waals surface area contributed by atoms with E-state index < -0.39 is 0 Å². The van der Waals surface area contributed by atoms with E-state index in [0.29, 0.717) is 11.7 Å². The van der Waals surface area contributed by atoms with Gasteiger partial charge in [0.25, 0.3) is 0 Å². The fourth-order valence-corrected chi connectivity index (χ4v) is 3.53. The van der Waals surface area contributed by atoms with E-state index in [9.17, 15) is 0 Å². The number of aromatic nitrogens is 2. The summed E-state index contributed by atoms with van der Waals surface area (Å²) in [6, 6.07) is 9.01. The van der Waals surface area contributed by atoms with E-state index in [0.717, 1.165) is 40.8 Å². The second-order valence-corrected chi connectivity index (χ2v) is 6.60. The highest BCUT2D eigenvalue weighted by molar-refractivity contribution is 5.86. The molecule has 0 radical (unpaired) electrons. The smallest absolute Gasteiger partial charge is 0.134 e. The number of hydrogen-bond acceptors (Lipinski definition) is 5. The minimum absolute atomic E-state index is 0.624. The van der Waals surface area contributed by atoms with Crippen LogP contribution < -0.4 is 5.73 Å². The maximum atomic E-state index is 6.06. The molecule has 0 unspecified atom stereocenters. The van der Waals surface area contributed by atoms with Crippen LogP contribution in [0.5, 0.6) is 0 Å². The van der Waals surface area contributed by atoms with Crippen molar-refractivity contribution in [3.8, 4) is 11.1 Å². The van der Waals surface area contributed by atoms with Gasteiger partial charge in [0.2, 0.25) is 0 Å². The highest BCUT2D eigenvalue weighted by Gasteiger charge is 2.20. The van der Waals surface area contributed by atoms with Crippen LogP contribution in [-0.2, 0) is 6.42 Å². The molecule has 1 fully saturated rings. The summed E-state index contributed by atoms with van der Waals surface area (Å²) in [6.45, 7) is 4.58. The zero-order valence-corrected chi connectivity index (χ0v) is 13.9. The number of fused-ring (bicyclic) bond motifs is 1. The van der Waals surface area contributed by atoms with Gasteiger partial charge in [-0.25, -0.2) is 0 Å². The molecule has 5 nitrogen and oxygen atoms in total. The van der Waals surface area contributed by atoms with Gasteiger partial charge < -0.3 is 15.1 Å². The van der Waals surface area contributed by atoms with Crippen LogP contribution in [0, 0.1) is 0 Å². The van der Waals surface area contributed by atoms with E-state index in [4.69, 9.17) is 10.2 Å². The molecule has 3 aromatic rings. The number of rotatable bonds is 4. The third kappa shape index (κ3) is 2.87. The summed E-state index contributed by atoms with van der Waals surface area (Å²) in [6.07, 6.45) is 6.84. The van der Waals surface area contributed by atoms with Crippen molar-refractivity contribution in [1.82, 2.24) is 15.1 Å². The van der Waals surface area contributed by atoms with Gasteiger partial charge in [-0.2, -0.15) is 10.2 Å². The molecule has 5 heteroatoms. The summed E-state index contributed by atoms with van der Waals surface area (Å²) in [5.41, 5.74) is 9.40. The molecular formula is C19H22N4O. The summed E-state index contributed by atoms with van der Waals surface area (Å²) >= 11 is 0. The Bertz CT molecular complexity index is 857. The fraction of sp³-hybridized carbons (Fsp3) is 0.368. The molecule has 1 aromatic carbocycles. The number of anilines is 1. The Morgan fingerprint density at radius 3 is 2.92 bits per heavy atom. The molecule has 0 amide bonds. The van der Waals surface area contributed by atoms with Gasteiger partial charge in [-0.1, -0.05) is 12.1 Å². The van der Waals surface area contributed by atoms with E-state index in [1.54, 1.807) is 12.4 Å². The van der Waals surface area contributed by atoms with Crippen LogP contribution in [-0.4, -0.2) is 34.2 Å². The first-order valence-corrected chi connectivity index (χ1v) is 8.54. The van der Waals surface area contributed by atoms with Crippen molar-refractivity contribution in [2.75, 3.05) is 18.8 Å². The maximum Gasteiger partial charge on any atom is 0.134 e. The molecule has 3 heterocycles. The van der Waals surface area contributed by atoms with Crippen LogP contribution in [0.25, 0.3) is 22.1 Å². The molecule has 2 N–H and O–H groups in total. The van der Waals surface area contributed by atoms with E-state index in [1.165, 1.54) is 19.4 Å². The van der Waals surface area contributed by atoms with E-state index in [2.05, 4.69) is 40.2 Å². The Kier molecular flexibility index (Phi) is 3.94. The number of nitrogens with two attached hydrogens (primary N) is 1. The van der Waals surface area contributed by atoms with Gasteiger partial charge in [-0.05, 0) is 44.0 Å². The van der Waals surface area contributed by atoms with Crippen LogP contribution in [0.2, 0.25) is 0 Å². The topological polar surface area (TPSA) is 68.2 Å². The largest absolute Gasteiger partial charge is 0.461 e. The minimum atomic E-state index is 0.624. The van der Waals surface area contributed by atoms with Crippen molar-refractivity contribution in [3.63, 3.8) is 0 Å². The third-order valence-electron chi connectivity index (χ3n) is 4.98. The van der Waals surface area contributed by atoms with Crippen LogP contribution in [0.3, 0.4) is 0 Å². The van der Waals surface area contributed by atoms with Crippen LogP contribution in [0.15, 0.2) is 41.1 Å². The Morgan fingerprint density at radius 2 is 2.12 bits per heavy atom. The normalized spacial score (nSPS) is 18.5. The lowest BCUT2D eigenvalue weighted by molar-refractivity contribution is 0.266. The number of hydrogen-bond donors (Lipinski definition) is 1. The van der Waals surface area contributed by atoms with Crippen molar-refractivity contribution >= 4 is 16.7 Å². The Balaban J connectivity index is 1.56. The highest BCUT2D eigenvalue weighted by Crippen LogP contribution is 2.29. The van der Waals surface area contributed by atoms with Gasteiger partial charge in [0.1, 0.15) is 11.3 Å². The Morgan fingerprint density at radius 1 is 1.25 bits per heavy atom. The molecule has 1 aliphatic rings. The molecule has 0 spiro atoms. The Hall–Kier alpha value is -2.40. The molecule has 0 bridgehead atoms. The molecular weight excluding hydrogens is 300 g/mol. The van der Waals surface area contributed by atoms with Crippen molar-refractivity contribution in [1.29, 1.82) is 0 Å².